The Hall–Kier alpha value is -3.23. The molecule has 0 unspecified atom stereocenters. The van der Waals surface area contributed by atoms with Crippen molar-refractivity contribution in [3.63, 3.8) is 0 Å². The van der Waals surface area contributed by atoms with E-state index < -0.39 is 0 Å². The molecule has 9 heteroatoms. The summed E-state index contributed by atoms with van der Waals surface area (Å²) in [5.41, 5.74) is 0.957. The van der Waals surface area contributed by atoms with Crippen molar-refractivity contribution in [1.82, 2.24) is 29.7 Å². The highest BCUT2D eigenvalue weighted by molar-refractivity contribution is 5.47. The van der Waals surface area contributed by atoms with Gasteiger partial charge in [-0.15, -0.1) is 0 Å². The molecule has 1 fully saturated rings. The van der Waals surface area contributed by atoms with Gasteiger partial charge in [0.2, 0.25) is 5.88 Å². The van der Waals surface area contributed by atoms with Crippen LogP contribution in [0.25, 0.3) is 5.82 Å². The number of hydrogen-bond donors (Lipinski definition) is 0. The van der Waals surface area contributed by atoms with Crippen LogP contribution in [-0.2, 0) is 0 Å². The molecule has 1 aliphatic heterocycles. The van der Waals surface area contributed by atoms with E-state index in [4.69, 9.17) is 4.74 Å². The highest BCUT2D eigenvalue weighted by Gasteiger charge is 2.20. The van der Waals surface area contributed by atoms with Crippen LogP contribution in [0.15, 0.2) is 37.1 Å². The fourth-order valence-corrected chi connectivity index (χ4v) is 2.96. The molecule has 1 saturated heterocycles. The van der Waals surface area contributed by atoms with Gasteiger partial charge in [-0.05, 0) is 13.0 Å². The summed E-state index contributed by atoms with van der Waals surface area (Å²) in [6.07, 6.45) is 5.02. The van der Waals surface area contributed by atoms with Gasteiger partial charge >= 0.3 is 0 Å². The van der Waals surface area contributed by atoms with Crippen molar-refractivity contribution in [3.05, 3.63) is 42.7 Å². The average molecular weight is 352 g/mol. The van der Waals surface area contributed by atoms with Crippen LogP contribution in [0.3, 0.4) is 0 Å². The molecule has 3 aromatic heterocycles. The van der Waals surface area contributed by atoms with Crippen LogP contribution in [0.5, 0.6) is 5.88 Å². The standard InChI is InChI=1S/C17H20N8O/c1-13-3-4-25(22-13)16-9-14(18-11-20-16)23-5-7-24(8-6-23)15-10-17(26-2)21-12-19-15/h3-4,9-12H,5-8H2,1-2H3. The van der Waals surface area contributed by atoms with E-state index in [9.17, 15) is 0 Å². The Labute approximate surface area is 151 Å². The third-order valence-corrected chi connectivity index (χ3v) is 4.36. The van der Waals surface area contributed by atoms with Gasteiger partial charge in [-0.25, -0.2) is 24.6 Å². The number of rotatable bonds is 4. The van der Waals surface area contributed by atoms with Crippen molar-refractivity contribution >= 4 is 11.6 Å². The van der Waals surface area contributed by atoms with E-state index in [-0.39, 0.29) is 0 Å². The SMILES string of the molecule is COc1cc(N2CCN(c3cc(-n4ccc(C)n4)ncn3)CC2)ncn1. The third kappa shape index (κ3) is 3.28. The van der Waals surface area contributed by atoms with Crippen molar-refractivity contribution in [2.45, 2.75) is 6.92 Å². The predicted octanol–water partition coefficient (Wildman–Crippen LogP) is 1.10. The van der Waals surface area contributed by atoms with Gasteiger partial charge in [0, 0.05) is 44.5 Å². The van der Waals surface area contributed by atoms with Crippen LogP contribution in [0.1, 0.15) is 5.69 Å². The molecule has 0 atom stereocenters. The van der Waals surface area contributed by atoms with Gasteiger partial charge in [0.15, 0.2) is 5.82 Å². The van der Waals surface area contributed by atoms with E-state index in [1.807, 2.05) is 31.3 Å². The van der Waals surface area contributed by atoms with Crippen LogP contribution in [0, 0.1) is 6.92 Å². The van der Waals surface area contributed by atoms with Gasteiger partial charge in [0.1, 0.15) is 24.3 Å². The largest absolute Gasteiger partial charge is 0.481 e. The summed E-state index contributed by atoms with van der Waals surface area (Å²) in [4.78, 5) is 21.6. The van der Waals surface area contributed by atoms with Gasteiger partial charge in [0.05, 0.1) is 12.8 Å². The summed E-state index contributed by atoms with van der Waals surface area (Å²) in [6.45, 7) is 5.35. The van der Waals surface area contributed by atoms with Crippen molar-refractivity contribution in [1.29, 1.82) is 0 Å². The van der Waals surface area contributed by atoms with Crippen LogP contribution >= 0.6 is 0 Å². The van der Waals surface area contributed by atoms with Crippen LogP contribution < -0.4 is 14.5 Å². The number of anilines is 2. The minimum atomic E-state index is 0.576. The second-order valence-electron chi connectivity index (χ2n) is 6.03. The zero-order chi connectivity index (χ0) is 17.9. The molecule has 0 amide bonds. The quantitative estimate of drug-likeness (QED) is 0.690. The molecule has 0 aromatic carbocycles. The van der Waals surface area contributed by atoms with Crippen molar-refractivity contribution in [2.75, 3.05) is 43.1 Å². The summed E-state index contributed by atoms with van der Waals surface area (Å²) >= 11 is 0. The zero-order valence-corrected chi connectivity index (χ0v) is 14.8. The van der Waals surface area contributed by atoms with Crippen molar-refractivity contribution in [2.24, 2.45) is 0 Å². The number of aromatic nitrogens is 6. The van der Waals surface area contributed by atoms with Crippen LogP contribution in [0.4, 0.5) is 11.6 Å². The Morgan fingerprint density at radius 2 is 1.46 bits per heavy atom. The molecule has 134 valence electrons. The second kappa shape index (κ2) is 6.95. The number of methoxy groups -OCH3 is 1. The highest BCUT2D eigenvalue weighted by atomic mass is 16.5. The maximum atomic E-state index is 5.18. The Morgan fingerprint density at radius 3 is 2.08 bits per heavy atom. The van der Waals surface area contributed by atoms with E-state index in [0.717, 1.165) is 49.3 Å². The third-order valence-electron chi connectivity index (χ3n) is 4.36. The lowest BCUT2D eigenvalue weighted by Crippen LogP contribution is -2.47. The van der Waals surface area contributed by atoms with Crippen LogP contribution in [-0.4, -0.2) is 63.0 Å². The van der Waals surface area contributed by atoms with E-state index in [2.05, 4.69) is 34.8 Å². The normalized spacial score (nSPS) is 14.5. The highest BCUT2D eigenvalue weighted by Crippen LogP contribution is 2.20. The molecule has 0 spiro atoms. The van der Waals surface area contributed by atoms with Gasteiger partial charge in [-0.2, -0.15) is 5.10 Å². The molecule has 1 aliphatic rings. The Morgan fingerprint density at radius 1 is 0.846 bits per heavy atom. The fourth-order valence-electron chi connectivity index (χ4n) is 2.96. The lowest BCUT2D eigenvalue weighted by atomic mass is 10.3. The number of ether oxygens (including phenoxy) is 1. The molecule has 9 nitrogen and oxygen atoms in total. The van der Waals surface area contributed by atoms with Gasteiger partial charge in [-0.1, -0.05) is 0 Å². The van der Waals surface area contributed by atoms with E-state index in [1.54, 1.807) is 18.1 Å². The lowest BCUT2D eigenvalue weighted by molar-refractivity contribution is 0.396. The van der Waals surface area contributed by atoms with Crippen molar-refractivity contribution < 1.29 is 4.74 Å². The summed E-state index contributed by atoms with van der Waals surface area (Å²) in [7, 11) is 1.61. The monoisotopic (exact) mass is 352 g/mol. The molecule has 3 aromatic rings. The number of nitrogens with zero attached hydrogens (tertiary/aromatic N) is 8. The molecule has 0 N–H and O–H groups in total. The summed E-state index contributed by atoms with van der Waals surface area (Å²) < 4.78 is 6.95. The summed E-state index contributed by atoms with van der Waals surface area (Å²) in [5.74, 6) is 3.13. The molecular formula is C17H20N8O. The minimum absolute atomic E-state index is 0.576. The van der Waals surface area contributed by atoms with Crippen molar-refractivity contribution in [3.8, 4) is 11.7 Å². The first-order chi connectivity index (χ1) is 12.7. The van der Waals surface area contributed by atoms with Gasteiger partial charge in [-0.3, -0.25) is 0 Å². The van der Waals surface area contributed by atoms with E-state index in [0.29, 0.717) is 5.88 Å². The maximum absolute atomic E-state index is 5.18. The Kier molecular flexibility index (Phi) is 4.34. The summed E-state index contributed by atoms with van der Waals surface area (Å²) in [6, 6.07) is 5.78. The average Bonchev–Trinajstić information content (AvgIpc) is 3.15. The number of hydrogen-bond acceptors (Lipinski definition) is 8. The zero-order valence-electron chi connectivity index (χ0n) is 14.8. The van der Waals surface area contributed by atoms with E-state index in [1.165, 1.54) is 6.33 Å². The first-order valence-corrected chi connectivity index (χ1v) is 8.43. The maximum Gasteiger partial charge on any atom is 0.218 e. The molecule has 4 heterocycles. The fraction of sp³-hybridized carbons (Fsp3) is 0.353. The topological polar surface area (TPSA) is 85.1 Å². The predicted molar refractivity (Wildman–Crippen MR) is 96.9 cm³/mol. The Bertz CT molecular complexity index is 888. The molecular weight excluding hydrogens is 332 g/mol. The molecule has 0 saturated carbocycles. The second-order valence-corrected chi connectivity index (χ2v) is 6.03. The Balaban J connectivity index is 1.46. The first kappa shape index (κ1) is 16.2. The van der Waals surface area contributed by atoms with Gasteiger partial charge in [0.25, 0.3) is 0 Å². The van der Waals surface area contributed by atoms with Gasteiger partial charge < -0.3 is 14.5 Å². The summed E-state index contributed by atoms with van der Waals surface area (Å²) in [5, 5.41) is 4.41. The number of aryl methyl sites for hydroxylation is 1. The minimum Gasteiger partial charge on any atom is -0.481 e. The lowest BCUT2D eigenvalue weighted by Gasteiger charge is -2.36. The molecule has 0 radical (unpaired) electrons. The molecule has 26 heavy (non-hydrogen) atoms. The molecule has 0 bridgehead atoms. The number of piperazine rings is 1. The van der Waals surface area contributed by atoms with E-state index >= 15 is 0 Å². The smallest absolute Gasteiger partial charge is 0.218 e. The molecule has 0 aliphatic carbocycles. The van der Waals surface area contributed by atoms with Crippen LogP contribution in [0.2, 0.25) is 0 Å². The molecule has 4 rings (SSSR count). The first-order valence-electron chi connectivity index (χ1n) is 8.43.